The van der Waals surface area contributed by atoms with E-state index in [9.17, 15) is 130 Å². The summed E-state index contributed by atoms with van der Waals surface area (Å²) >= 11 is 0. The second-order valence-electron chi connectivity index (χ2n) is 8.11. The number of halogens is 29. The van der Waals surface area contributed by atoms with Gasteiger partial charge in [0.1, 0.15) is 0 Å². The summed E-state index contributed by atoms with van der Waals surface area (Å²) in [5, 5.41) is -2.48. The first kappa shape index (κ1) is 42.8. The van der Waals surface area contributed by atoms with Gasteiger partial charge in [0.05, 0.1) is 0 Å². The van der Waals surface area contributed by atoms with Gasteiger partial charge in [0.25, 0.3) is 0 Å². The average molecular weight is 772 g/mol. The molecule has 0 rings (SSSR count). The highest BCUT2D eigenvalue weighted by Crippen LogP contribution is 3.06. The Labute approximate surface area is 222 Å². The third kappa shape index (κ3) is 4.77. The fourth-order valence-corrected chi connectivity index (χ4v) is 2.95. The van der Waals surface area contributed by atoms with Crippen LogP contribution in [-0.2, 0) is 4.79 Å². The number of carboxylic acid groups (broad SMARTS) is 1. The first-order valence-electron chi connectivity index (χ1n) is 8.94. The van der Waals surface area contributed by atoms with Crippen molar-refractivity contribution in [1.82, 2.24) is 0 Å². The molecule has 0 saturated carbocycles. The van der Waals surface area contributed by atoms with Crippen LogP contribution < -0.4 is 0 Å². The number of hydrogen-bond acceptors (Lipinski definition) is 1. The van der Waals surface area contributed by atoms with Crippen LogP contribution in [0.3, 0.4) is 0 Å². The van der Waals surface area contributed by atoms with Gasteiger partial charge < -0.3 is 5.11 Å². The molecule has 274 valence electrons. The monoisotopic (exact) mass is 772 g/mol. The van der Waals surface area contributed by atoms with E-state index in [-0.39, 0.29) is 0 Å². The van der Waals surface area contributed by atoms with E-state index >= 15 is 0 Å². The summed E-state index contributed by atoms with van der Waals surface area (Å²) in [4.78, 5) is 9.89. The van der Waals surface area contributed by atoms with Gasteiger partial charge in [-0.05, 0) is 0 Å². The minimum absolute atomic E-state index is 4.78. The van der Waals surface area contributed by atoms with Crippen LogP contribution in [0.4, 0.5) is 125 Å². The van der Waals surface area contributed by atoms with Crippen molar-refractivity contribution in [2.45, 2.75) is 70.4 Å². The molecule has 0 aliphatic carbocycles. The van der Waals surface area contributed by atoms with E-state index in [0.29, 0.717) is 0 Å². The van der Waals surface area contributed by atoms with Crippen LogP contribution in [0.15, 0.2) is 0 Å². The maximum absolute atomic E-state index is 13.9. The van der Waals surface area contributed by atoms with Gasteiger partial charge in [0, 0.05) is 0 Å². The molecular formula is C13HF29O2S. The van der Waals surface area contributed by atoms with Crippen LogP contribution in [0.2, 0.25) is 0 Å². The molecule has 0 aromatic heterocycles. The Kier molecular flexibility index (Phi) is 8.58. The summed E-state index contributed by atoms with van der Waals surface area (Å²) in [6.45, 7) is 0. The first-order valence-corrected chi connectivity index (χ1v) is 10.9. The van der Waals surface area contributed by atoms with E-state index in [1.165, 1.54) is 0 Å². The summed E-state index contributed by atoms with van der Waals surface area (Å²) < 4.78 is 379. The summed E-state index contributed by atoms with van der Waals surface area (Å²) in [6, 6.07) is 0. The van der Waals surface area contributed by atoms with Gasteiger partial charge in [-0.1, -0.05) is 19.4 Å². The van der Waals surface area contributed by atoms with Gasteiger partial charge in [0.2, 0.25) is 0 Å². The van der Waals surface area contributed by atoms with Crippen molar-refractivity contribution in [1.29, 1.82) is 0 Å². The van der Waals surface area contributed by atoms with E-state index in [4.69, 9.17) is 5.11 Å². The molecule has 2 nitrogen and oxygen atoms in total. The molecule has 0 radical (unpaired) electrons. The fourth-order valence-electron chi connectivity index (χ4n) is 2.33. The van der Waals surface area contributed by atoms with Crippen LogP contribution in [0.1, 0.15) is 0 Å². The zero-order chi connectivity index (χ0) is 38.0. The molecule has 1 N–H and O–H groups in total. The molecule has 0 unspecified atom stereocenters. The maximum atomic E-state index is 13.6. The third-order valence-corrected chi connectivity index (χ3v) is 6.29. The smallest absolute Gasteiger partial charge is 0.450 e. The van der Waals surface area contributed by atoms with Gasteiger partial charge in [-0.25, -0.2) is 4.79 Å². The van der Waals surface area contributed by atoms with E-state index in [1.807, 2.05) is 0 Å². The second kappa shape index (κ2) is 9.02. The Bertz CT molecular complexity index is 1180. The average Bonchev–Trinajstić information content (AvgIpc) is 2.75. The number of carbonyl (C=O) groups is 1. The van der Waals surface area contributed by atoms with E-state index in [2.05, 4.69) is 0 Å². The van der Waals surface area contributed by atoms with E-state index in [0.717, 1.165) is 0 Å². The summed E-state index contributed by atoms with van der Waals surface area (Å²) in [6.07, 6.45) is 0. The Balaban J connectivity index is 7.63. The molecule has 0 aliphatic rings. The molecule has 0 aliphatic heterocycles. The topological polar surface area (TPSA) is 37.3 Å². The Hall–Kier alpha value is -2.21. The Morgan fingerprint density at radius 3 is 0.644 bits per heavy atom. The van der Waals surface area contributed by atoms with Crippen molar-refractivity contribution in [2.75, 3.05) is 0 Å². The molecule has 0 saturated heterocycles. The van der Waals surface area contributed by atoms with Gasteiger partial charge >= 0.3 is 86.6 Å². The second-order valence-corrected chi connectivity index (χ2v) is 10.6. The lowest BCUT2D eigenvalue weighted by Crippen LogP contribution is -2.78. The highest BCUT2D eigenvalue weighted by Gasteiger charge is 3.03. The lowest BCUT2D eigenvalue weighted by molar-refractivity contribution is -0.476. The quantitative estimate of drug-likeness (QED) is 0.190. The number of rotatable bonds is 13. The fraction of sp³-hybridized carbons (Fsp3) is 0.923. The summed E-state index contributed by atoms with van der Waals surface area (Å²) in [5.41, 5.74) is 0. The van der Waals surface area contributed by atoms with Gasteiger partial charge in [-0.15, -0.1) is 0 Å². The number of aliphatic carboxylic acids is 1. The molecule has 0 heterocycles. The molecule has 45 heavy (non-hydrogen) atoms. The molecule has 0 aromatic rings. The molecule has 0 fully saturated rings. The van der Waals surface area contributed by atoms with Crippen molar-refractivity contribution in [3.63, 3.8) is 0 Å². The number of hydrogen-bond donors (Lipinski definition) is 1. The minimum atomic E-state index is -13.9. The number of carboxylic acids is 1. The van der Waals surface area contributed by atoms with Crippen LogP contribution >= 0.6 is 10.2 Å². The molecule has 0 spiro atoms. The minimum Gasteiger partial charge on any atom is -0.477 e. The van der Waals surface area contributed by atoms with Gasteiger partial charge in [-0.3, -0.25) is 0 Å². The normalized spacial score (nSPS) is 18.4. The highest BCUT2D eigenvalue weighted by molar-refractivity contribution is 8.46. The lowest BCUT2D eigenvalue weighted by Gasteiger charge is -2.51. The SMILES string of the molecule is O=C(O)C(F)(F)C(F)(F)C(F)(F)C(F)(F)C(F)(F)C(F)(F)C(F)(F)C(F)(F)C(F)(F)C(F)(F)C(F)(F)C(F)(F)S(F)(F)(F)(F)F. The van der Waals surface area contributed by atoms with Crippen LogP contribution in [-0.4, -0.2) is 81.5 Å². The molecule has 32 heteroatoms. The van der Waals surface area contributed by atoms with Crippen molar-refractivity contribution in [3.8, 4) is 0 Å². The van der Waals surface area contributed by atoms with Gasteiger partial charge in [-0.2, -0.15) is 105 Å². The molecular weight excluding hydrogens is 771 g/mol. The van der Waals surface area contributed by atoms with E-state index < -0.39 is 86.6 Å². The summed E-state index contributed by atoms with van der Waals surface area (Å²) in [7, 11) is -13.9. The molecule has 0 atom stereocenters. The predicted octanol–water partition coefficient (Wildman–Crippen LogP) is 9.95. The summed E-state index contributed by atoms with van der Waals surface area (Å²) in [5.74, 6) is -110. The number of alkyl halides is 24. The molecule has 0 amide bonds. The van der Waals surface area contributed by atoms with Crippen molar-refractivity contribution in [2.24, 2.45) is 0 Å². The predicted molar refractivity (Wildman–Crippen MR) is 80.1 cm³/mol. The zero-order valence-corrected chi connectivity index (χ0v) is 19.5. The van der Waals surface area contributed by atoms with Crippen LogP contribution in [0.25, 0.3) is 0 Å². The van der Waals surface area contributed by atoms with Crippen molar-refractivity contribution >= 4 is 16.2 Å². The van der Waals surface area contributed by atoms with E-state index in [1.54, 1.807) is 0 Å². The third-order valence-electron chi connectivity index (χ3n) is 5.06. The largest absolute Gasteiger partial charge is 0.477 e. The van der Waals surface area contributed by atoms with Gasteiger partial charge in [0.15, 0.2) is 0 Å². The van der Waals surface area contributed by atoms with Crippen molar-refractivity contribution in [3.05, 3.63) is 0 Å². The zero-order valence-electron chi connectivity index (χ0n) is 18.7. The highest BCUT2D eigenvalue weighted by atomic mass is 32.5. The first-order chi connectivity index (χ1) is 18.4. The van der Waals surface area contributed by atoms with Crippen LogP contribution in [0.5, 0.6) is 0 Å². The standard InChI is InChI=1S/C13HF29O2S/c14-2(15,1(43)44)3(16,17)4(18,19)5(20,21)6(22,23)7(24,25)8(26,27)9(28,29)10(30,31)11(32,33)12(34,35)13(36,37)45(38,39,40,41)42/h(H,43,44). The van der Waals surface area contributed by atoms with Crippen molar-refractivity contribution < 1.29 is 135 Å². The Morgan fingerprint density at radius 2 is 0.489 bits per heavy atom. The maximum Gasteiger partial charge on any atom is 0.450 e. The molecule has 0 aromatic carbocycles. The Morgan fingerprint density at radius 1 is 0.333 bits per heavy atom. The molecule has 0 bridgehead atoms. The lowest BCUT2D eigenvalue weighted by atomic mass is 9.84. The van der Waals surface area contributed by atoms with Crippen LogP contribution in [0, 0.1) is 0 Å².